The van der Waals surface area contributed by atoms with E-state index in [0.29, 0.717) is 19.8 Å². The van der Waals surface area contributed by atoms with Gasteiger partial charge in [-0.2, -0.15) is 0 Å². The van der Waals surface area contributed by atoms with Gasteiger partial charge in [0.2, 0.25) is 0 Å². The van der Waals surface area contributed by atoms with E-state index in [0.717, 1.165) is 26.1 Å². The second-order valence-corrected chi connectivity index (χ2v) is 4.53. The van der Waals surface area contributed by atoms with Gasteiger partial charge in [-0.3, -0.25) is 4.90 Å². The second-order valence-electron chi connectivity index (χ2n) is 4.53. The van der Waals surface area contributed by atoms with Crippen molar-refractivity contribution >= 4 is 0 Å². The van der Waals surface area contributed by atoms with Crippen molar-refractivity contribution in [2.24, 2.45) is 0 Å². The van der Waals surface area contributed by atoms with Gasteiger partial charge in [0, 0.05) is 40.4 Å². The third-order valence-corrected chi connectivity index (χ3v) is 2.60. The summed E-state index contributed by atoms with van der Waals surface area (Å²) in [6, 6.07) is 0. The Bertz CT molecular complexity index is 160. The Hall–Kier alpha value is -0.200. The van der Waals surface area contributed by atoms with Gasteiger partial charge in [-0.15, -0.1) is 0 Å². The van der Waals surface area contributed by atoms with Crippen LogP contribution in [-0.2, 0) is 9.47 Å². The molecule has 0 rings (SSSR count). The molecule has 0 aliphatic rings. The molecule has 5 nitrogen and oxygen atoms in total. The van der Waals surface area contributed by atoms with E-state index < -0.39 is 0 Å². The summed E-state index contributed by atoms with van der Waals surface area (Å²) in [5, 5.41) is 9.92. The molecule has 0 heterocycles. The minimum absolute atomic E-state index is 0.286. The average Bonchev–Trinajstić information content (AvgIpc) is 2.30. The molecule has 1 atom stereocenters. The maximum atomic E-state index is 9.92. The number of rotatable bonds is 11. The smallest absolute Gasteiger partial charge is 0.0679 e. The van der Waals surface area contributed by atoms with Crippen LogP contribution in [0.3, 0.4) is 0 Å². The van der Waals surface area contributed by atoms with Crippen LogP contribution < -0.4 is 0 Å². The molecular formula is C12H28N2O3. The maximum absolute atomic E-state index is 9.92. The van der Waals surface area contributed by atoms with Gasteiger partial charge < -0.3 is 19.5 Å². The van der Waals surface area contributed by atoms with Crippen molar-refractivity contribution in [3.8, 4) is 0 Å². The van der Waals surface area contributed by atoms with Crippen molar-refractivity contribution in [2.45, 2.75) is 12.5 Å². The van der Waals surface area contributed by atoms with Crippen LogP contribution >= 0.6 is 0 Å². The van der Waals surface area contributed by atoms with Crippen LogP contribution in [0.2, 0.25) is 0 Å². The van der Waals surface area contributed by atoms with E-state index in [1.165, 1.54) is 0 Å². The first-order valence-electron chi connectivity index (χ1n) is 6.13. The molecule has 0 aromatic carbocycles. The average molecular weight is 248 g/mol. The molecule has 0 saturated heterocycles. The molecule has 0 amide bonds. The summed E-state index contributed by atoms with van der Waals surface area (Å²) < 4.78 is 10.1. The number of aliphatic hydroxyl groups is 1. The van der Waals surface area contributed by atoms with Gasteiger partial charge in [-0.05, 0) is 20.5 Å². The number of hydrogen-bond acceptors (Lipinski definition) is 5. The minimum Gasteiger partial charge on any atom is -0.392 e. The fourth-order valence-corrected chi connectivity index (χ4v) is 1.53. The quantitative estimate of drug-likeness (QED) is 0.553. The highest BCUT2D eigenvalue weighted by Gasteiger charge is 2.11. The number of aliphatic hydroxyl groups excluding tert-OH is 1. The summed E-state index contributed by atoms with van der Waals surface area (Å²) in [5.41, 5.74) is 0. The Kier molecular flexibility index (Phi) is 10.8. The Balaban J connectivity index is 3.84. The normalized spacial score (nSPS) is 13.6. The lowest BCUT2D eigenvalue weighted by molar-refractivity contribution is 0.0633. The van der Waals surface area contributed by atoms with E-state index in [1.54, 1.807) is 14.2 Å². The van der Waals surface area contributed by atoms with Crippen molar-refractivity contribution in [2.75, 3.05) is 67.7 Å². The predicted molar refractivity (Wildman–Crippen MR) is 69.4 cm³/mol. The molecule has 0 spiro atoms. The van der Waals surface area contributed by atoms with E-state index in [9.17, 15) is 5.11 Å². The first kappa shape index (κ1) is 16.8. The number of ether oxygens (including phenoxy) is 2. The molecule has 0 aromatic rings. The van der Waals surface area contributed by atoms with Crippen molar-refractivity contribution in [1.29, 1.82) is 0 Å². The number of methoxy groups -OCH3 is 2. The molecule has 0 fully saturated rings. The first-order chi connectivity index (χ1) is 8.10. The Morgan fingerprint density at radius 1 is 1.00 bits per heavy atom. The zero-order valence-electron chi connectivity index (χ0n) is 11.7. The van der Waals surface area contributed by atoms with Crippen LogP contribution in [0.5, 0.6) is 0 Å². The summed E-state index contributed by atoms with van der Waals surface area (Å²) >= 11 is 0. The van der Waals surface area contributed by atoms with E-state index in [2.05, 4.69) is 9.80 Å². The van der Waals surface area contributed by atoms with Gasteiger partial charge in [0.15, 0.2) is 0 Å². The van der Waals surface area contributed by atoms with Gasteiger partial charge in [-0.1, -0.05) is 0 Å². The number of hydrogen-bond donors (Lipinski definition) is 1. The van der Waals surface area contributed by atoms with Gasteiger partial charge in [0.05, 0.1) is 19.3 Å². The second kappa shape index (κ2) is 10.9. The molecule has 104 valence electrons. The molecule has 1 N–H and O–H groups in total. The van der Waals surface area contributed by atoms with Crippen LogP contribution in [0.15, 0.2) is 0 Å². The summed E-state index contributed by atoms with van der Waals surface area (Å²) in [4.78, 5) is 4.26. The molecule has 1 unspecified atom stereocenters. The molecule has 0 saturated carbocycles. The van der Waals surface area contributed by atoms with E-state index in [-0.39, 0.29) is 6.10 Å². The Morgan fingerprint density at radius 2 is 1.53 bits per heavy atom. The van der Waals surface area contributed by atoms with Crippen molar-refractivity contribution < 1.29 is 14.6 Å². The Labute approximate surface area is 105 Å². The molecule has 5 heteroatoms. The standard InChI is InChI=1S/C12H28N2O3/c1-13(2)6-5-12(15)11-14(7-9-16-3)8-10-17-4/h12,15H,5-11H2,1-4H3. The highest BCUT2D eigenvalue weighted by Crippen LogP contribution is 1.98. The lowest BCUT2D eigenvalue weighted by atomic mass is 10.2. The lowest BCUT2D eigenvalue weighted by Crippen LogP contribution is -2.38. The van der Waals surface area contributed by atoms with Crippen molar-refractivity contribution in [1.82, 2.24) is 9.80 Å². The van der Waals surface area contributed by atoms with Crippen LogP contribution in [0.4, 0.5) is 0 Å². The van der Waals surface area contributed by atoms with Gasteiger partial charge >= 0.3 is 0 Å². The third kappa shape index (κ3) is 10.7. The fourth-order valence-electron chi connectivity index (χ4n) is 1.53. The summed E-state index contributed by atoms with van der Waals surface area (Å²) in [5.74, 6) is 0. The summed E-state index contributed by atoms with van der Waals surface area (Å²) in [7, 11) is 7.41. The van der Waals surface area contributed by atoms with E-state index in [4.69, 9.17) is 9.47 Å². The number of nitrogens with zero attached hydrogens (tertiary/aromatic N) is 2. The SMILES string of the molecule is COCCN(CCOC)CC(O)CCN(C)C. The van der Waals surface area contributed by atoms with E-state index >= 15 is 0 Å². The molecule has 0 bridgehead atoms. The highest BCUT2D eigenvalue weighted by atomic mass is 16.5. The van der Waals surface area contributed by atoms with Gasteiger partial charge in [0.1, 0.15) is 0 Å². The third-order valence-electron chi connectivity index (χ3n) is 2.60. The summed E-state index contributed by atoms with van der Waals surface area (Å²) in [6.07, 6.45) is 0.509. The predicted octanol–water partition coefficient (Wildman–Crippen LogP) is -0.106. The topological polar surface area (TPSA) is 45.2 Å². The first-order valence-corrected chi connectivity index (χ1v) is 6.13. The lowest BCUT2D eigenvalue weighted by Gasteiger charge is -2.25. The molecule has 0 radical (unpaired) electrons. The zero-order chi connectivity index (χ0) is 13.1. The minimum atomic E-state index is -0.286. The van der Waals surface area contributed by atoms with Gasteiger partial charge in [0.25, 0.3) is 0 Å². The summed E-state index contributed by atoms with van der Waals surface area (Å²) in [6.45, 7) is 4.62. The maximum Gasteiger partial charge on any atom is 0.0679 e. The Morgan fingerprint density at radius 3 is 1.94 bits per heavy atom. The highest BCUT2D eigenvalue weighted by molar-refractivity contribution is 4.66. The molecule has 0 aliphatic carbocycles. The van der Waals surface area contributed by atoms with Crippen LogP contribution in [0.1, 0.15) is 6.42 Å². The van der Waals surface area contributed by atoms with Crippen LogP contribution in [-0.4, -0.2) is 88.7 Å². The largest absolute Gasteiger partial charge is 0.392 e. The van der Waals surface area contributed by atoms with Crippen LogP contribution in [0, 0.1) is 0 Å². The van der Waals surface area contributed by atoms with Crippen LogP contribution in [0.25, 0.3) is 0 Å². The molecular weight excluding hydrogens is 220 g/mol. The zero-order valence-corrected chi connectivity index (χ0v) is 11.7. The fraction of sp³-hybridized carbons (Fsp3) is 1.00. The molecule has 0 aromatic heterocycles. The van der Waals surface area contributed by atoms with Crippen molar-refractivity contribution in [3.63, 3.8) is 0 Å². The molecule has 17 heavy (non-hydrogen) atoms. The monoisotopic (exact) mass is 248 g/mol. The van der Waals surface area contributed by atoms with Crippen molar-refractivity contribution in [3.05, 3.63) is 0 Å². The van der Waals surface area contributed by atoms with Gasteiger partial charge in [-0.25, -0.2) is 0 Å². The van der Waals surface area contributed by atoms with E-state index in [1.807, 2.05) is 14.1 Å². The molecule has 0 aliphatic heterocycles.